The quantitative estimate of drug-likeness (QED) is 0.132. The lowest BCUT2D eigenvalue weighted by atomic mass is 9.98. The summed E-state index contributed by atoms with van der Waals surface area (Å²) in [6, 6.07) is 7.74. The van der Waals surface area contributed by atoms with Crippen LogP contribution in [0.4, 0.5) is 0 Å². The maximum atomic E-state index is 13.4. The molecule has 0 radical (unpaired) electrons. The van der Waals surface area contributed by atoms with Crippen LogP contribution in [0.5, 0.6) is 0 Å². The molecule has 2 aromatic heterocycles. The average Bonchev–Trinajstić information content (AvgIpc) is 3.56. The van der Waals surface area contributed by atoms with Crippen LogP contribution in [0.1, 0.15) is 5.82 Å². The Balaban J connectivity index is 1.72. The molecule has 0 bridgehead atoms. The standard InChI is InChI=1S/C20H25N11O4S2/c21-8-16-26-14-3-1-2-13(18(14)27-16)12-4-5-15(37(34,35)25-10-11-9-23-6-7-24-11)19(36(22,32)33)17(12)20-28-30-31-29-20/h1-5,11,23-25H,6-10,21H2,(H,26,27)(H2,22,32,33)(H,28,29,30,31)/t11-/m0/s1. The number of hydrogen-bond donors (Lipinski definition) is 7. The first kappa shape index (κ1) is 25.3. The van der Waals surface area contributed by atoms with E-state index in [0.29, 0.717) is 41.1 Å². The monoisotopic (exact) mass is 547 g/mol. The molecule has 9 N–H and O–H groups in total. The number of aromatic amines is 2. The molecule has 3 heterocycles. The van der Waals surface area contributed by atoms with E-state index in [2.05, 4.69) is 45.9 Å². The van der Waals surface area contributed by atoms with Crippen LogP contribution in [0, 0.1) is 0 Å². The average molecular weight is 548 g/mol. The van der Waals surface area contributed by atoms with Crippen LogP contribution in [-0.4, -0.2) is 79.6 Å². The number of benzene rings is 2. The number of sulfonamides is 2. The Kier molecular flexibility index (Phi) is 6.75. The Morgan fingerprint density at radius 3 is 2.59 bits per heavy atom. The lowest BCUT2D eigenvalue weighted by molar-refractivity contribution is 0.414. The molecule has 37 heavy (non-hydrogen) atoms. The summed E-state index contributed by atoms with van der Waals surface area (Å²) in [4.78, 5) is 6.42. The number of nitrogens with one attached hydrogen (secondary N) is 5. The molecule has 17 heteroatoms. The van der Waals surface area contributed by atoms with Crippen LogP contribution in [0.2, 0.25) is 0 Å². The van der Waals surface area contributed by atoms with Crippen molar-refractivity contribution in [2.75, 3.05) is 26.2 Å². The fourth-order valence-electron chi connectivity index (χ4n) is 4.31. The smallest absolute Gasteiger partial charge is 0.241 e. The first-order chi connectivity index (χ1) is 17.7. The van der Waals surface area contributed by atoms with Crippen molar-refractivity contribution in [3.05, 3.63) is 36.2 Å². The highest BCUT2D eigenvalue weighted by Crippen LogP contribution is 2.40. The van der Waals surface area contributed by atoms with E-state index in [9.17, 15) is 16.8 Å². The van der Waals surface area contributed by atoms with Crippen LogP contribution >= 0.6 is 0 Å². The lowest BCUT2D eigenvalue weighted by Gasteiger charge is -2.25. The highest BCUT2D eigenvalue weighted by atomic mass is 32.2. The van der Waals surface area contributed by atoms with Crippen LogP contribution in [0.25, 0.3) is 33.5 Å². The van der Waals surface area contributed by atoms with E-state index in [0.717, 1.165) is 6.54 Å². The number of rotatable bonds is 8. The van der Waals surface area contributed by atoms with Gasteiger partial charge in [0.1, 0.15) is 15.6 Å². The van der Waals surface area contributed by atoms with Gasteiger partial charge in [-0.15, -0.1) is 10.2 Å². The molecule has 1 atom stereocenters. The van der Waals surface area contributed by atoms with E-state index >= 15 is 0 Å². The molecule has 1 aliphatic rings. The van der Waals surface area contributed by atoms with Crippen molar-refractivity contribution in [2.45, 2.75) is 22.4 Å². The van der Waals surface area contributed by atoms with Crippen molar-refractivity contribution in [1.82, 2.24) is 45.9 Å². The van der Waals surface area contributed by atoms with Gasteiger partial charge in [-0.05, 0) is 22.9 Å². The van der Waals surface area contributed by atoms with Crippen molar-refractivity contribution >= 4 is 31.1 Å². The van der Waals surface area contributed by atoms with E-state index in [4.69, 9.17) is 10.9 Å². The minimum Gasteiger partial charge on any atom is -0.341 e. The van der Waals surface area contributed by atoms with Gasteiger partial charge in [-0.1, -0.05) is 18.2 Å². The molecule has 5 rings (SSSR count). The van der Waals surface area contributed by atoms with Crippen LogP contribution in [0.15, 0.2) is 40.1 Å². The molecule has 0 aliphatic carbocycles. The summed E-state index contributed by atoms with van der Waals surface area (Å²) >= 11 is 0. The summed E-state index contributed by atoms with van der Waals surface area (Å²) in [5.41, 5.74) is 7.55. The zero-order valence-corrected chi connectivity index (χ0v) is 21.0. The summed E-state index contributed by atoms with van der Waals surface area (Å²) < 4.78 is 55.2. The SMILES string of the molecule is NCc1nc2c(-c3ccc(S(=O)(=O)NC[C@@H]4CNCCN4)c(S(N)(=O)=O)c3-c3nn[nH]n3)cccc2[nH]1. The predicted molar refractivity (Wildman–Crippen MR) is 134 cm³/mol. The molecule has 1 saturated heterocycles. The Morgan fingerprint density at radius 1 is 1.08 bits per heavy atom. The molecule has 1 fully saturated rings. The molecular formula is C20H25N11O4S2. The summed E-state index contributed by atoms with van der Waals surface area (Å²) in [6.45, 7) is 2.19. The first-order valence-electron chi connectivity index (χ1n) is 11.2. The zero-order chi connectivity index (χ0) is 26.2. The molecule has 0 amide bonds. The summed E-state index contributed by atoms with van der Waals surface area (Å²) in [5.74, 6) is 0.366. The maximum absolute atomic E-state index is 13.4. The minimum absolute atomic E-state index is 0.0349. The van der Waals surface area contributed by atoms with Gasteiger partial charge in [-0.2, -0.15) is 5.21 Å². The molecule has 0 spiro atoms. The summed E-state index contributed by atoms with van der Waals surface area (Å²) in [6.07, 6.45) is 0. The van der Waals surface area contributed by atoms with Gasteiger partial charge < -0.3 is 21.4 Å². The van der Waals surface area contributed by atoms with E-state index < -0.39 is 29.8 Å². The maximum Gasteiger partial charge on any atom is 0.241 e. The van der Waals surface area contributed by atoms with E-state index in [1.165, 1.54) is 12.1 Å². The number of piperazine rings is 1. The summed E-state index contributed by atoms with van der Waals surface area (Å²) in [5, 5.41) is 25.7. The van der Waals surface area contributed by atoms with Crippen molar-refractivity contribution < 1.29 is 16.8 Å². The van der Waals surface area contributed by atoms with Gasteiger partial charge in [-0.25, -0.2) is 31.7 Å². The van der Waals surface area contributed by atoms with Gasteiger partial charge in [0.2, 0.25) is 25.9 Å². The Hall–Kier alpha value is -3.32. The van der Waals surface area contributed by atoms with Crippen molar-refractivity contribution in [2.24, 2.45) is 10.9 Å². The fourth-order valence-corrected chi connectivity index (χ4v) is 7.00. The second kappa shape index (κ2) is 9.86. The molecule has 0 unspecified atom stereocenters. The molecule has 1 aliphatic heterocycles. The molecule has 15 nitrogen and oxygen atoms in total. The van der Waals surface area contributed by atoms with Gasteiger partial charge in [0.25, 0.3) is 0 Å². The van der Waals surface area contributed by atoms with Gasteiger partial charge in [0.05, 0.1) is 23.1 Å². The third-order valence-corrected chi connectivity index (χ3v) is 8.54. The Morgan fingerprint density at radius 2 is 1.92 bits per heavy atom. The molecule has 196 valence electrons. The molecule has 0 saturated carbocycles. The number of nitrogens with two attached hydrogens (primary N) is 2. The number of imidazole rings is 1. The van der Waals surface area contributed by atoms with Gasteiger partial charge >= 0.3 is 0 Å². The number of hydrogen-bond acceptors (Lipinski definition) is 11. The summed E-state index contributed by atoms with van der Waals surface area (Å²) in [7, 11) is -8.95. The fraction of sp³-hybridized carbons (Fsp3) is 0.300. The van der Waals surface area contributed by atoms with Gasteiger partial charge in [0.15, 0.2) is 0 Å². The number of fused-ring (bicyclic) bond motifs is 1. The van der Waals surface area contributed by atoms with E-state index in [1.807, 2.05) is 0 Å². The second-order valence-corrected chi connectivity index (χ2v) is 11.6. The number of tetrazole rings is 1. The van der Waals surface area contributed by atoms with E-state index in [-0.39, 0.29) is 30.5 Å². The normalized spacial score (nSPS) is 16.9. The van der Waals surface area contributed by atoms with Crippen molar-refractivity contribution in [1.29, 1.82) is 0 Å². The van der Waals surface area contributed by atoms with Crippen LogP contribution in [0.3, 0.4) is 0 Å². The van der Waals surface area contributed by atoms with Gasteiger partial charge in [0, 0.05) is 37.8 Å². The van der Waals surface area contributed by atoms with Crippen molar-refractivity contribution in [3.63, 3.8) is 0 Å². The number of primary sulfonamides is 1. The van der Waals surface area contributed by atoms with Crippen LogP contribution < -0.4 is 26.2 Å². The largest absolute Gasteiger partial charge is 0.341 e. The molecule has 2 aromatic carbocycles. The third kappa shape index (κ3) is 4.97. The zero-order valence-electron chi connectivity index (χ0n) is 19.4. The first-order valence-corrected chi connectivity index (χ1v) is 14.3. The highest BCUT2D eigenvalue weighted by Gasteiger charge is 2.33. The van der Waals surface area contributed by atoms with Crippen LogP contribution in [-0.2, 0) is 26.6 Å². The molecule has 4 aromatic rings. The topological polar surface area (TPSA) is 240 Å². The number of H-pyrrole nitrogens is 2. The Bertz CT molecular complexity index is 1640. The number of aromatic nitrogens is 6. The highest BCUT2D eigenvalue weighted by molar-refractivity contribution is 7.92. The third-order valence-electron chi connectivity index (χ3n) is 5.96. The van der Waals surface area contributed by atoms with Gasteiger partial charge in [-0.3, -0.25) is 0 Å². The minimum atomic E-state index is -4.62. The second-order valence-electron chi connectivity index (χ2n) is 8.39. The number of para-hydroxylation sites is 1. The number of nitrogens with zero attached hydrogens (tertiary/aromatic N) is 4. The predicted octanol–water partition coefficient (Wildman–Crippen LogP) is -1.64. The molecular weight excluding hydrogens is 522 g/mol. The van der Waals surface area contributed by atoms with Crippen molar-refractivity contribution in [3.8, 4) is 22.5 Å². The Labute approximate surface area is 211 Å². The lowest BCUT2D eigenvalue weighted by Crippen LogP contribution is -2.53. The van der Waals surface area contributed by atoms with E-state index in [1.54, 1.807) is 18.2 Å².